The Morgan fingerprint density at radius 3 is 2.46 bits per heavy atom. The zero-order valence-corrected chi connectivity index (χ0v) is 13.8. The summed E-state index contributed by atoms with van der Waals surface area (Å²) in [5.74, 6) is -0.730. The van der Waals surface area contributed by atoms with Crippen molar-refractivity contribution >= 4 is 11.9 Å². The molecule has 2 N–H and O–H groups in total. The second-order valence-electron chi connectivity index (χ2n) is 5.62. The van der Waals surface area contributed by atoms with Gasteiger partial charge >= 0.3 is 5.97 Å². The first-order valence-corrected chi connectivity index (χ1v) is 7.74. The van der Waals surface area contributed by atoms with Crippen LogP contribution in [0.2, 0.25) is 0 Å². The number of aryl methyl sites for hydroxylation is 2. The third-order valence-electron chi connectivity index (χ3n) is 3.60. The molecule has 0 aliphatic heterocycles. The summed E-state index contributed by atoms with van der Waals surface area (Å²) in [7, 11) is 0. The predicted molar refractivity (Wildman–Crippen MR) is 91.0 cm³/mol. The number of carbonyl (C=O) groups is 2. The van der Waals surface area contributed by atoms with Gasteiger partial charge in [0.25, 0.3) is 0 Å². The quantitative estimate of drug-likeness (QED) is 0.819. The Morgan fingerprint density at radius 2 is 1.83 bits per heavy atom. The van der Waals surface area contributed by atoms with Gasteiger partial charge in [0.2, 0.25) is 5.91 Å². The maximum absolute atomic E-state index is 12.0. The largest absolute Gasteiger partial charge is 0.493 e. The fourth-order valence-corrected chi connectivity index (χ4v) is 2.38. The van der Waals surface area contributed by atoms with Crippen molar-refractivity contribution in [2.45, 2.75) is 26.3 Å². The fraction of sp³-hybridized carbons (Fsp3) is 0.263. The highest BCUT2D eigenvalue weighted by Gasteiger charge is 2.21. The number of rotatable bonds is 7. The summed E-state index contributed by atoms with van der Waals surface area (Å²) in [4.78, 5) is 23.4. The molecule has 1 atom stereocenters. The second kappa shape index (κ2) is 8.15. The molecule has 0 unspecified atom stereocenters. The summed E-state index contributed by atoms with van der Waals surface area (Å²) >= 11 is 0. The summed E-state index contributed by atoms with van der Waals surface area (Å²) in [6, 6.07) is 13.4. The number of carboxylic acid groups (broad SMARTS) is 1. The molecular weight excluding hydrogens is 306 g/mol. The first-order valence-electron chi connectivity index (χ1n) is 7.74. The maximum atomic E-state index is 12.0. The van der Waals surface area contributed by atoms with Crippen LogP contribution in [0, 0.1) is 13.8 Å². The van der Waals surface area contributed by atoms with Crippen LogP contribution >= 0.6 is 0 Å². The van der Waals surface area contributed by atoms with Gasteiger partial charge in [0, 0.05) is 0 Å². The van der Waals surface area contributed by atoms with E-state index in [-0.39, 0.29) is 18.9 Å². The van der Waals surface area contributed by atoms with Crippen LogP contribution in [0.1, 0.15) is 29.2 Å². The van der Waals surface area contributed by atoms with Gasteiger partial charge in [-0.2, -0.15) is 0 Å². The lowest BCUT2D eigenvalue weighted by atomic mass is 10.1. The molecule has 5 heteroatoms. The number of hydrogen-bond donors (Lipinski definition) is 2. The Bertz CT molecular complexity index is 713. The number of carbonyl (C=O) groups excluding carboxylic acids is 1. The van der Waals surface area contributed by atoms with E-state index in [1.54, 1.807) is 30.3 Å². The first kappa shape index (κ1) is 17.5. The van der Waals surface area contributed by atoms with E-state index in [9.17, 15) is 14.7 Å². The lowest BCUT2D eigenvalue weighted by Crippen LogP contribution is -2.34. The predicted octanol–water partition coefficient (Wildman–Crippen LogP) is 3.01. The van der Waals surface area contributed by atoms with Crippen LogP contribution in [-0.4, -0.2) is 23.6 Å². The molecule has 5 nitrogen and oxygen atoms in total. The molecule has 2 aromatic carbocycles. The van der Waals surface area contributed by atoms with Gasteiger partial charge in [0.15, 0.2) is 6.04 Å². The zero-order chi connectivity index (χ0) is 17.5. The molecule has 0 aromatic heterocycles. The summed E-state index contributed by atoms with van der Waals surface area (Å²) in [6.07, 6.45) is 0.0872. The van der Waals surface area contributed by atoms with Crippen LogP contribution in [0.4, 0.5) is 0 Å². The standard InChI is InChI=1S/C19H21NO4/c1-13-8-9-16(14(2)12-13)24-11-10-17(21)20-18(19(22)23)15-6-4-3-5-7-15/h3-9,12,18H,10-11H2,1-2H3,(H,20,21)(H,22,23)/t18-/m0/s1. The molecule has 0 radical (unpaired) electrons. The number of carboxylic acids is 1. The number of amides is 1. The van der Waals surface area contributed by atoms with E-state index < -0.39 is 12.0 Å². The van der Waals surface area contributed by atoms with Crippen molar-refractivity contribution in [1.29, 1.82) is 0 Å². The number of aliphatic carboxylic acids is 1. The van der Waals surface area contributed by atoms with Gasteiger partial charge in [0.1, 0.15) is 5.75 Å². The molecule has 0 aliphatic carbocycles. The summed E-state index contributed by atoms with van der Waals surface area (Å²) in [5.41, 5.74) is 2.68. The maximum Gasteiger partial charge on any atom is 0.330 e. The van der Waals surface area contributed by atoms with Crippen LogP contribution < -0.4 is 10.1 Å². The Kier molecular flexibility index (Phi) is 5.95. The Hall–Kier alpha value is -2.82. The van der Waals surface area contributed by atoms with Crippen LogP contribution in [0.3, 0.4) is 0 Å². The summed E-state index contributed by atoms with van der Waals surface area (Å²) in [6.45, 7) is 4.13. The van der Waals surface area contributed by atoms with E-state index >= 15 is 0 Å². The number of benzene rings is 2. The lowest BCUT2D eigenvalue weighted by Gasteiger charge is -2.15. The molecule has 0 heterocycles. The van der Waals surface area contributed by atoms with Crippen LogP contribution in [0.25, 0.3) is 0 Å². The van der Waals surface area contributed by atoms with Gasteiger partial charge in [-0.25, -0.2) is 4.79 Å². The SMILES string of the molecule is Cc1ccc(OCCC(=O)N[C@H](C(=O)O)c2ccccc2)c(C)c1. The van der Waals surface area contributed by atoms with E-state index in [2.05, 4.69) is 5.32 Å². The Labute approximate surface area is 141 Å². The highest BCUT2D eigenvalue weighted by molar-refractivity contribution is 5.84. The van der Waals surface area contributed by atoms with Gasteiger partial charge < -0.3 is 15.2 Å². The minimum absolute atomic E-state index is 0.0872. The van der Waals surface area contributed by atoms with Crippen molar-refractivity contribution in [2.24, 2.45) is 0 Å². The molecule has 126 valence electrons. The minimum atomic E-state index is -1.09. The molecule has 2 rings (SSSR count). The molecule has 0 aliphatic rings. The lowest BCUT2D eigenvalue weighted by molar-refractivity contribution is -0.142. The normalized spacial score (nSPS) is 11.6. The van der Waals surface area contributed by atoms with Crippen molar-refractivity contribution in [3.8, 4) is 5.75 Å². The average molecular weight is 327 g/mol. The third-order valence-corrected chi connectivity index (χ3v) is 3.60. The molecule has 24 heavy (non-hydrogen) atoms. The molecule has 0 saturated carbocycles. The van der Waals surface area contributed by atoms with Crippen molar-refractivity contribution < 1.29 is 19.4 Å². The van der Waals surface area contributed by atoms with Gasteiger partial charge in [-0.15, -0.1) is 0 Å². The first-order chi connectivity index (χ1) is 11.5. The average Bonchev–Trinajstić information content (AvgIpc) is 2.55. The van der Waals surface area contributed by atoms with Gasteiger partial charge in [-0.1, -0.05) is 48.0 Å². The van der Waals surface area contributed by atoms with E-state index in [1.807, 2.05) is 32.0 Å². The zero-order valence-electron chi connectivity index (χ0n) is 13.8. The highest BCUT2D eigenvalue weighted by Crippen LogP contribution is 2.19. The van der Waals surface area contributed by atoms with Crippen LogP contribution in [0.15, 0.2) is 48.5 Å². The summed E-state index contributed by atoms with van der Waals surface area (Å²) < 4.78 is 5.60. The van der Waals surface area contributed by atoms with E-state index in [1.165, 1.54) is 0 Å². The number of nitrogens with one attached hydrogen (secondary N) is 1. The third kappa shape index (κ3) is 4.84. The molecule has 1 amide bonds. The molecule has 0 saturated heterocycles. The smallest absolute Gasteiger partial charge is 0.330 e. The van der Waals surface area contributed by atoms with Gasteiger partial charge in [-0.3, -0.25) is 4.79 Å². The molecule has 2 aromatic rings. The molecule has 0 fully saturated rings. The van der Waals surface area contributed by atoms with Crippen molar-refractivity contribution in [3.63, 3.8) is 0 Å². The second-order valence-corrected chi connectivity index (χ2v) is 5.62. The number of ether oxygens (including phenoxy) is 1. The van der Waals surface area contributed by atoms with E-state index in [0.29, 0.717) is 5.56 Å². The van der Waals surface area contributed by atoms with E-state index in [0.717, 1.165) is 16.9 Å². The van der Waals surface area contributed by atoms with Crippen molar-refractivity contribution in [2.75, 3.05) is 6.61 Å². The topological polar surface area (TPSA) is 75.6 Å². The van der Waals surface area contributed by atoms with Crippen molar-refractivity contribution in [1.82, 2.24) is 5.32 Å². The van der Waals surface area contributed by atoms with Crippen LogP contribution in [0.5, 0.6) is 5.75 Å². The van der Waals surface area contributed by atoms with Crippen LogP contribution in [-0.2, 0) is 9.59 Å². The van der Waals surface area contributed by atoms with Gasteiger partial charge in [0.05, 0.1) is 13.0 Å². The monoisotopic (exact) mass is 327 g/mol. The Morgan fingerprint density at radius 1 is 1.12 bits per heavy atom. The number of hydrogen-bond acceptors (Lipinski definition) is 3. The molecular formula is C19H21NO4. The highest BCUT2D eigenvalue weighted by atomic mass is 16.5. The van der Waals surface area contributed by atoms with E-state index in [4.69, 9.17) is 4.74 Å². The minimum Gasteiger partial charge on any atom is -0.493 e. The van der Waals surface area contributed by atoms with Gasteiger partial charge in [-0.05, 0) is 31.0 Å². The van der Waals surface area contributed by atoms with Crippen molar-refractivity contribution in [3.05, 3.63) is 65.2 Å². The summed E-state index contributed by atoms with van der Waals surface area (Å²) in [5, 5.41) is 11.8. The molecule has 0 spiro atoms. The Balaban J connectivity index is 1.89. The molecule has 0 bridgehead atoms. The fourth-order valence-electron chi connectivity index (χ4n) is 2.38.